The van der Waals surface area contributed by atoms with Crippen molar-refractivity contribution >= 4 is 28.5 Å². The van der Waals surface area contributed by atoms with Crippen LogP contribution in [0.15, 0.2) is 66.0 Å². The van der Waals surface area contributed by atoms with Crippen molar-refractivity contribution in [2.24, 2.45) is 4.99 Å². The Morgan fingerprint density at radius 1 is 1.15 bits per heavy atom. The quantitative estimate of drug-likeness (QED) is 0.408. The Hall–Kier alpha value is -4.04. The van der Waals surface area contributed by atoms with Crippen molar-refractivity contribution in [2.75, 3.05) is 31.2 Å². The zero-order chi connectivity index (χ0) is 22.9. The summed E-state index contributed by atoms with van der Waals surface area (Å²) in [6, 6.07) is 14.4. The fraction of sp³-hybridized carbons (Fsp3) is 0.231. The molecule has 0 unspecified atom stereocenters. The Balaban J connectivity index is 1.36. The standard InChI is InChI=1S/C26H25N7O/c1-18-6-7-19(14-28-18)24-17-33-26(30-24)25(32-8-10-34-11-9-32)12-21(31-33)16-27-13-20-15-29-23-5-3-2-4-22(20)23/h2-7,12-15,17,29H,8-11,16H2,1H3. The van der Waals surface area contributed by atoms with Crippen LogP contribution in [0.1, 0.15) is 17.0 Å². The average Bonchev–Trinajstić information content (AvgIpc) is 3.49. The normalized spacial score (nSPS) is 14.6. The van der Waals surface area contributed by atoms with Crippen LogP contribution in [-0.2, 0) is 11.3 Å². The Morgan fingerprint density at radius 2 is 2.03 bits per heavy atom. The number of para-hydroxylation sites is 1. The third-order valence-electron chi connectivity index (χ3n) is 6.12. The molecule has 4 aromatic heterocycles. The first-order valence-electron chi connectivity index (χ1n) is 11.5. The van der Waals surface area contributed by atoms with Gasteiger partial charge in [0.15, 0.2) is 5.65 Å². The maximum Gasteiger partial charge on any atom is 0.177 e. The highest BCUT2D eigenvalue weighted by atomic mass is 16.5. The Morgan fingerprint density at radius 3 is 2.88 bits per heavy atom. The Bertz CT molecular complexity index is 1480. The smallest absolute Gasteiger partial charge is 0.177 e. The summed E-state index contributed by atoms with van der Waals surface area (Å²) < 4.78 is 7.44. The van der Waals surface area contributed by atoms with E-state index in [1.54, 1.807) is 0 Å². The first-order valence-corrected chi connectivity index (χ1v) is 11.5. The molecule has 0 radical (unpaired) electrons. The van der Waals surface area contributed by atoms with Crippen LogP contribution in [0.25, 0.3) is 27.8 Å². The number of aryl methyl sites for hydroxylation is 1. The molecule has 0 saturated carbocycles. The number of anilines is 1. The molecule has 170 valence electrons. The number of H-pyrrole nitrogens is 1. The number of aliphatic imine (C=N–C) groups is 1. The van der Waals surface area contributed by atoms with E-state index in [-0.39, 0.29) is 0 Å². The van der Waals surface area contributed by atoms with Crippen molar-refractivity contribution in [3.63, 3.8) is 0 Å². The number of rotatable bonds is 5. The van der Waals surface area contributed by atoms with E-state index < -0.39 is 0 Å². The monoisotopic (exact) mass is 451 g/mol. The van der Waals surface area contributed by atoms with Gasteiger partial charge < -0.3 is 14.6 Å². The van der Waals surface area contributed by atoms with Crippen molar-refractivity contribution in [2.45, 2.75) is 13.5 Å². The van der Waals surface area contributed by atoms with Gasteiger partial charge in [0.2, 0.25) is 0 Å². The molecule has 1 saturated heterocycles. The number of aromatic nitrogens is 5. The van der Waals surface area contributed by atoms with Gasteiger partial charge in [-0.1, -0.05) is 18.2 Å². The fourth-order valence-corrected chi connectivity index (χ4v) is 4.32. The van der Waals surface area contributed by atoms with E-state index in [9.17, 15) is 0 Å². The van der Waals surface area contributed by atoms with Crippen molar-refractivity contribution in [1.82, 2.24) is 24.6 Å². The zero-order valence-electron chi connectivity index (χ0n) is 19.0. The van der Waals surface area contributed by atoms with Crippen molar-refractivity contribution in [3.05, 3.63) is 78.0 Å². The van der Waals surface area contributed by atoms with Crippen LogP contribution in [0.3, 0.4) is 0 Å². The molecule has 0 amide bonds. The number of ether oxygens (including phenoxy) is 1. The first kappa shape index (κ1) is 20.6. The number of imidazole rings is 1. The van der Waals surface area contributed by atoms with E-state index in [0.29, 0.717) is 19.8 Å². The van der Waals surface area contributed by atoms with Crippen molar-refractivity contribution < 1.29 is 4.74 Å². The lowest BCUT2D eigenvalue weighted by atomic mass is 10.2. The maximum atomic E-state index is 5.57. The number of fused-ring (bicyclic) bond motifs is 2. The molecular formula is C26H25N7O. The summed E-state index contributed by atoms with van der Waals surface area (Å²) in [5.41, 5.74) is 7.77. The second kappa shape index (κ2) is 8.72. The van der Waals surface area contributed by atoms with Crippen LogP contribution < -0.4 is 4.90 Å². The van der Waals surface area contributed by atoms with Gasteiger partial charge in [0.05, 0.1) is 43.0 Å². The number of pyridine rings is 1. The summed E-state index contributed by atoms with van der Waals surface area (Å²) in [5.74, 6) is 0. The first-order chi connectivity index (χ1) is 16.7. The van der Waals surface area contributed by atoms with Gasteiger partial charge >= 0.3 is 0 Å². The summed E-state index contributed by atoms with van der Waals surface area (Å²) in [4.78, 5) is 19.7. The predicted octanol–water partition coefficient (Wildman–Crippen LogP) is 4.04. The molecule has 1 aliphatic rings. The second-order valence-corrected chi connectivity index (χ2v) is 8.46. The van der Waals surface area contributed by atoms with E-state index in [2.05, 4.69) is 33.1 Å². The Labute approximate surface area is 196 Å². The van der Waals surface area contributed by atoms with Crippen LogP contribution in [0.5, 0.6) is 0 Å². The number of aromatic amines is 1. The number of nitrogens with one attached hydrogen (secondary N) is 1. The number of morpholine rings is 1. The minimum atomic E-state index is 0.479. The lowest BCUT2D eigenvalue weighted by Gasteiger charge is -2.29. The molecule has 1 N–H and O–H groups in total. The van der Waals surface area contributed by atoms with Crippen LogP contribution in [0.4, 0.5) is 5.69 Å². The summed E-state index contributed by atoms with van der Waals surface area (Å²) in [6.07, 6.45) is 7.73. The molecule has 5 aromatic rings. The number of hydrogen-bond donors (Lipinski definition) is 1. The fourth-order valence-electron chi connectivity index (χ4n) is 4.32. The summed E-state index contributed by atoms with van der Waals surface area (Å²) in [6.45, 7) is 5.52. The van der Waals surface area contributed by atoms with E-state index in [4.69, 9.17) is 19.8 Å². The highest BCUT2D eigenvalue weighted by Gasteiger charge is 2.19. The zero-order valence-corrected chi connectivity index (χ0v) is 19.0. The van der Waals surface area contributed by atoms with Crippen LogP contribution in [0, 0.1) is 6.92 Å². The molecule has 0 atom stereocenters. The molecule has 1 aliphatic heterocycles. The molecule has 34 heavy (non-hydrogen) atoms. The van der Waals surface area contributed by atoms with Crippen molar-refractivity contribution in [3.8, 4) is 11.3 Å². The molecule has 8 heteroatoms. The predicted molar refractivity (Wildman–Crippen MR) is 134 cm³/mol. The maximum absolute atomic E-state index is 5.57. The molecule has 6 rings (SSSR count). The van der Waals surface area contributed by atoms with Gasteiger partial charge in [-0.2, -0.15) is 5.10 Å². The highest BCUT2D eigenvalue weighted by molar-refractivity contribution is 5.98. The van der Waals surface area contributed by atoms with Crippen molar-refractivity contribution in [1.29, 1.82) is 0 Å². The molecular weight excluding hydrogens is 426 g/mol. The summed E-state index contributed by atoms with van der Waals surface area (Å²) in [5, 5.41) is 5.99. The third-order valence-corrected chi connectivity index (χ3v) is 6.12. The van der Waals surface area contributed by atoms with Crippen LogP contribution in [0.2, 0.25) is 0 Å². The number of benzene rings is 1. The minimum Gasteiger partial charge on any atom is -0.378 e. The van der Waals surface area contributed by atoms with E-state index in [1.165, 1.54) is 0 Å². The SMILES string of the molecule is Cc1ccc(-c2cn3nc(CN=Cc4c[nH]c5ccccc45)cc(N4CCOCC4)c3n2)cn1. The van der Waals surface area contributed by atoms with E-state index in [0.717, 1.165) is 63.5 Å². The summed E-state index contributed by atoms with van der Waals surface area (Å²) in [7, 11) is 0. The molecule has 5 heterocycles. The second-order valence-electron chi connectivity index (χ2n) is 8.46. The van der Waals surface area contributed by atoms with Gasteiger partial charge in [-0.25, -0.2) is 9.50 Å². The number of nitrogens with zero attached hydrogens (tertiary/aromatic N) is 6. The lowest BCUT2D eigenvalue weighted by Crippen LogP contribution is -2.36. The minimum absolute atomic E-state index is 0.479. The molecule has 0 spiro atoms. The van der Waals surface area contributed by atoms with E-state index in [1.807, 2.05) is 60.5 Å². The third kappa shape index (κ3) is 3.92. The molecule has 1 fully saturated rings. The Kier molecular flexibility index (Phi) is 5.27. The van der Waals surface area contributed by atoms with Gasteiger partial charge in [0.1, 0.15) is 0 Å². The largest absolute Gasteiger partial charge is 0.378 e. The molecule has 0 aliphatic carbocycles. The highest BCUT2D eigenvalue weighted by Crippen LogP contribution is 2.27. The van der Waals surface area contributed by atoms with Gasteiger partial charge in [-0.3, -0.25) is 9.98 Å². The van der Waals surface area contributed by atoms with Gasteiger partial charge in [0.25, 0.3) is 0 Å². The topological polar surface area (TPSA) is 83.7 Å². The lowest BCUT2D eigenvalue weighted by molar-refractivity contribution is 0.123. The molecule has 0 bridgehead atoms. The van der Waals surface area contributed by atoms with Gasteiger partial charge in [0, 0.05) is 59.4 Å². The van der Waals surface area contributed by atoms with Gasteiger partial charge in [-0.15, -0.1) is 0 Å². The van der Waals surface area contributed by atoms with Crippen LogP contribution in [-0.4, -0.2) is 57.1 Å². The average molecular weight is 452 g/mol. The van der Waals surface area contributed by atoms with Gasteiger partial charge in [-0.05, 0) is 31.2 Å². The molecule has 1 aromatic carbocycles. The van der Waals surface area contributed by atoms with Crippen LogP contribution >= 0.6 is 0 Å². The number of hydrogen-bond acceptors (Lipinski definition) is 6. The van der Waals surface area contributed by atoms with E-state index >= 15 is 0 Å². The summed E-state index contributed by atoms with van der Waals surface area (Å²) >= 11 is 0. The molecule has 8 nitrogen and oxygen atoms in total.